The third-order valence-corrected chi connectivity index (χ3v) is 5.84. The van der Waals surface area contributed by atoms with Crippen LogP contribution in [0.15, 0.2) is 54.6 Å². The second-order valence-electron chi connectivity index (χ2n) is 10.3. The molecule has 0 aliphatic rings. The maximum atomic E-state index is 13.9. The zero-order valence-corrected chi connectivity index (χ0v) is 22.5. The summed E-state index contributed by atoms with van der Waals surface area (Å²) in [5, 5.41) is 5.56. The van der Waals surface area contributed by atoms with E-state index in [1.54, 1.807) is 64.0 Å². The molecule has 0 aliphatic heterocycles. The van der Waals surface area contributed by atoms with Crippen LogP contribution in [-0.4, -0.2) is 47.1 Å². The highest BCUT2D eigenvalue weighted by Crippen LogP contribution is 2.33. The smallest absolute Gasteiger partial charge is 0.408 e. The predicted molar refractivity (Wildman–Crippen MR) is 141 cm³/mol. The van der Waals surface area contributed by atoms with Crippen LogP contribution < -0.4 is 15.4 Å². The number of alkyl carbamates (subject to hydrolysis) is 1. The normalized spacial score (nSPS) is 13.2. The summed E-state index contributed by atoms with van der Waals surface area (Å²) in [6, 6.07) is 14.2. The molecule has 2 aromatic carbocycles. The molecule has 0 radical (unpaired) electrons. The zero-order chi connectivity index (χ0) is 27.1. The van der Waals surface area contributed by atoms with Gasteiger partial charge in [0, 0.05) is 11.2 Å². The molecular weight excluding hydrogens is 458 g/mol. The number of rotatable bonds is 9. The highest BCUT2D eigenvalue weighted by molar-refractivity contribution is 5.99. The molecule has 2 atom stereocenters. The van der Waals surface area contributed by atoms with Gasteiger partial charge in [-0.2, -0.15) is 0 Å². The van der Waals surface area contributed by atoms with Gasteiger partial charge in [0.25, 0.3) is 5.91 Å². The summed E-state index contributed by atoms with van der Waals surface area (Å²) in [4.78, 5) is 41.6. The van der Waals surface area contributed by atoms with Gasteiger partial charge in [0.1, 0.15) is 23.4 Å². The first kappa shape index (κ1) is 28.7. The molecule has 36 heavy (non-hydrogen) atoms. The van der Waals surface area contributed by atoms with Gasteiger partial charge in [-0.15, -0.1) is 0 Å². The average Bonchev–Trinajstić information content (AvgIpc) is 2.81. The summed E-state index contributed by atoms with van der Waals surface area (Å²) in [6.45, 7) is 12.6. The Morgan fingerprint density at radius 2 is 1.53 bits per heavy atom. The standard InChI is InChI=1S/C28H39N3O5/c1-9-28(6,7)31(25(33)19(2)29-26(34)36-27(3,4)5)23(20-13-11-10-12-14-20)24(32)30-21-15-17-22(35-8)18-16-21/h10-19,23H,9H2,1-8H3,(H,29,34)(H,30,32). The number of carbonyl (C=O) groups is 3. The van der Waals surface area contributed by atoms with Crippen molar-refractivity contribution in [2.75, 3.05) is 12.4 Å². The van der Waals surface area contributed by atoms with Gasteiger partial charge in [-0.3, -0.25) is 9.59 Å². The van der Waals surface area contributed by atoms with E-state index in [9.17, 15) is 14.4 Å². The zero-order valence-electron chi connectivity index (χ0n) is 22.5. The SMILES string of the molecule is CCC(C)(C)N(C(=O)C(C)NC(=O)OC(C)(C)C)C(C(=O)Nc1ccc(OC)cc1)c1ccccc1. The molecule has 0 heterocycles. The summed E-state index contributed by atoms with van der Waals surface area (Å²) in [7, 11) is 1.57. The second kappa shape index (κ2) is 11.9. The molecule has 2 unspecified atom stereocenters. The van der Waals surface area contributed by atoms with E-state index < -0.39 is 35.2 Å². The summed E-state index contributed by atoms with van der Waals surface area (Å²) in [5.74, 6) is -0.101. The van der Waals surface area contributed by atoms with Gasteiger partial charge >= 0.3 is 6.09 Å². The van der Waals surface area contributed by atoms with Crippen LogP contribution in [0, 0.1) is 0 Å². The van der Waals surface area contributed by atoms with E-state index in [2.05, 4.69) is 10.6 Å². The number of carbonyl (C=O) groups excluding carboxylic acids is 3. The molecule has 2 N–H and O–H groups in total. The largest absolute Gasteiger partial charge is 0.497 e. The maximum absolute atomic E-state index is 13.9. The molecule has 0 fully saturated rings. The minimum atomic E-state index is -0.946. The molecule has 0 saturated heterocycles. The fraction of sp³-hybridized carbons (Fsp3) is 0.464. The molecular formula is C28H39N3O5. The van der Waals surface area contributed by atoms with Crippen molar-refractivity contribution in [1.29, 1.82) is 0 Å². The van der Waals surface area contributed by atoms with Gasteiger partial charge in [-0.1, -0.05) is 37.3 Å². The lowest BCUT2D eigenvalue weighted by Gasteiger charge is -2.44. The van der Waals surface area contributed by atoms with Crippen molar-refractivity contribution in [1.82, 2.24) is 10.2 Å². The first-order chi connectivity index (χ1) is 16.8. The van der Waals surface area contributed by atoms with E-state index in [4.69, 9.17) is 9.47 Å². The maximum Gasteiger partial charge on any atom is 0.408 e. The first-order valence-electron chi connectivity index (χ1n) is 12.1. The number of anilines is 1. The Morgan fingerprint density at radius 3 is 2.03 bits per heavy atom. The topological polar surface area (TPSA) is 97.0 Å². The number of hydrogen-bond donors (Lipinski definition) is 2. The first-order valence-corrected chi connectivity index (χ1v) is 12.1. The Kier molecular flexibility index (Phi) is 9.50. The van der Waals surface area contributed by atoms with Gasteiger partial charge < -0.3 is 25.0 Å². The van der Waals surface area contributed by atoms with Crippen LogP contribution in [0.4, 0.5) is 10.5 Å². The van der Waals surface area contributed by atoms with Gasteiger partial charge in [0.2, 0.25) is 5.91 Å². The molecule has 196 valence electrons. The highest BCUT2D eigenvalue weighted by atomic mass is 16.6. The molecule has 8 nitrogen and oxygen atoms in total. The Bertz CT molecular complexity index is 1030. The number of methoxy groups -OCH3 is 1. The van der Waals surface area contributed by atoms with E-state index in [1.165, 1.54) is 0 Å². The average molecular weight is 498 g/mol. The van der Waals surface area contributed by atoms with Crippen molar-refractivity contribution < 1.29 is 23.9 Å². The Balaban J connectivity index is 2.46. The van der Waals surface area contributed by atoms with Crippen LogP contribution in [-0.2, 0) is 14.3 Å². The predicted octanol–water partition coefficient (Wildman–Crippen LogP) is 5.31. The Hall–Kier alpha value is -3.55. The molecule has 0 aromatic heterocycles. The van der Waals surface area contributed by atoms with Crippen molar-refractivity contribution in [2.45, 2.75) is 78.1 Å². The van der Waals surface area contributed by atoms with Crippen molar-refractivity contribution in [2.24, 2.45) is 0 Å². The Morgan fingerprint density at radius 1 is 0.944 bits per heavy atom. The van der Waals surface area contributed by atoms with Gasteiger partial charge in [-0.05, 0) is 77.8 Å². The van der Waals surface area contributed by atoms with Gasteiger partial charge in [0.15, 0.2) is 0 Å². The van der Waals surface area contributed by atoms with Crippen LogP contribution >= 0.6 is 0 Å². The number of nitrogens with zero attached hydrogens (tertiary/aromatic N) is 1. The third kappa shape index (κ3) is 7.73. The molecule has 2 rings (SSSR count). The van der Waals surface area contributed by atoms with E-state index in [0.29, 0.717) is 23.4 Å². The monoisotopic (exact) mass is 497 g/mol. The second-order valence-corrected chi connectivity index (χ2v) is 10.3. The fourth-order valence-corrected chi connectivity index (χ4v) is 3.64. The number of amides is 3. The summed E-state index contributed by atoms with van der Waals surface area (Å²) in [5.41, 5.74) is -0.190. The number of ether oxygens (including phenoxy) is 2. The van der Waals surface area contributed by atoms with Crippen LogP contribution in [0.25, 0.3) is 0 Å². The molecule has 0 aliphatic carbocycles. The molecule has 3 amide bonds. The summed E-state index contributed by atoms with van der Waals surface area (Å²) in [6.07, 6.45) is -0.117. The van der Waals surface area contributed by atoms with E-state index in [1.807, 2.05) is 51.1 Å². The van der Waals surface area contributed by atoms with Crippen molar-refractivity contribution >= 4 is 23.6 Å². The lowest BCUT2D eigenvalue weighted by Crippen LogP contribution is -2.58. The lowest BCUT2D eigenvalue weighted by molar-refractivity contribution is -0.147. The van der Waals surface area contributed by atoms with Gasteiger partial charge in [-0.25, -0.2) is 4.79 Å². The van der Waals surface area contributed by atoms with Crippen LogP contribution in [0.3, 0.4) is 0 Å². The minimum absolute atomic E-state index is 0.370. The lowest BCUT2D eigenvalue weighted by atomic mass is 9.92. The number of nitrogens with one attached hydrogen (secondary N) is 2. The van der Waals surface area contributed by atoms with Crippen LogP contribution in [0.5, 0.6) is 5.75 Å². The fourth-order valence-electron chi connectivity index (χ4n) is 3.64. The minimum Gasteiger partial charge on any atom is -0.497 e. The highest BCUT2D eigenvalue weighted by Gasteiger charge is 2.42. The summed E-state index contributed by atoms with van der Waals surface area (Å²) < 4.78 is 10.5. The van der Waals surface area contributed by atoms with E-state index >= 15 is 0 Å². The van der Waals surface area contributed by atoms with Crippen LogP contribution in [0.2, 0.25) is 0 Å². The molecule has 8 heteroatoms. The molecule has 2 aromatic rings. The molecule has 0 spiro atoms. The van der Waals surface area contributed by atoms with Crippen molar-refractivity contribution in [3.63, 3.8) is 0 Å². The van der Waals surface area contributed by atoms with Crippen LogP contribution in [0.1, 0.15) is 66.5 Å². The van der Waals surface area contributed by atoms with Gasteiger partial charge in [0.05, 0.1) is 7.11 Å². The van der Waals surface area contributed by atoms with Crippen molar-refractivity contribution in [3.05, 3.63) is 60.2 Å². The molecule has 0 bridgehead atoms. The third-order valence-electron chi connectivity index (χ3n) is 5.84. The quantitative estimate of drug-likeness (QED) is 0.490. The molecule has 0 saturated carbocycles. The number of benzene rings is 2. The van der Waals surface area contributed by atoms with Crippen molar-refractivity contribution in [3.8, 4) is 5.75 Å². The van der Waals surface area contributed by atoms with E-state index in [-0.39, 0.29) is 5.91 Å². The summed E-state index contributed by atoms with van der Waals surface area (Å²) >= 11 is 0. The Labute approximate surface area is 214 Å². The number of hydrogen-bond acceptors (Lipinski definition) is 5. The van der Waals surface area contributed by atoms with E-state index in [0.717, 1.165) is 0 Å².